The van der Waals surface area contributed by atoms with E-state index in [2.05, 4.69) is 15.7 Å². The number of nitrogens with zero attached hydrogens (tertiary/aromatic N) is 4. The number of carbonyl (C=O) groups excluding carboxylic acids is 1. The third-order valence-corrected chi connectivity index (χ3v) is 6.88. The van der Waals surface area contributed by atoms with Crippen LogP contribution in [0.15, 0.2) is 47.2 Å². The van der Waals surface area contributed by atoms with Gasteiger partial charge in [-0.2, -0.15) is 0 Å². The zero-order valence-corrected chi connectivity index (χ0v) is 18.0. The van der Waals surface area contributed by atoms with Gasteiger partial charge in [0.2, 0.25) is 0 Å². The monoisotopic (exact) mass is 440 g/mol. The molecular weight excluding hydrogens is 411 g/mol. The zero-order chi connectivity index (χ0) is 22.1. The lowest BCUT2D eigenvalue weighted by molar-refractivity contribution is 0.173. The van der Waals surface area contributed by atoms with E-state index < -0.39 is 6.10 Å². The van der Waals surface area contributed by atoms with Crippen molar-refractivity contribution >= 4 is 11.7 Å². The molecule has 0 radical (unpaired) electrons. The van der Waals surface area contributed by atoms with Crippen molar-refractivity contribution in [3.8, 4) is 0 Å². The number of β-amino-alcohol motifs (C(OH)–C–C–N with tert-alkyl or cyclic N) is 1. The number of fused-ring (bicyclic) bond motifs is 1. The first kappa shape index (κ1) is 21.1. The number of hydrogen-bond acceptors (Lipinski definition) is 6. The molecule has 3 aliphatic heterocycles. The Morgan fingerprint density at radius 3 is 3.03 bits per heavy atom. The number of rotatable bonds is 5. The average molecular weight is 441 g/mol. The second-order valence-corrected chi connectivity index (χ2v) is 9.02. The summed E-state index contributed by atoms with van der Waals surface area (Å²) in [6.45, 7) is 1.42. The Balaban J connectivity index is 1.23. The summed E-state index contributed by atoms with van der Waals surface area (Å²) in [5.74, 6) is 1.28. The Bertz CT molecular complexity index is 977. The molecule has 1 aliphatic carbocycles. The molecule has 1 aromatic rings. The Morgan fingerprint density at radius 2 is 2.22 bits per heavy atom. The molecule has 4 aliphatic rings. The molecule has 170 valence electrons. The molecule has 2 amide bonds. The van der Waals surface area contributed by atoms with Gasteiger partial charge in [0.25, 0.3) is 0 Å². The van der Waals surface area contributed by atoms with E-state index in [1.54, 1.807) is 17.2 Å². The van der Waals surface area contributed by atoms with Crippen molar-refractivity contribution in [1.29, 1.82) is 0 Å². The van der Waals surface area contributed by atoms with Crippen molar-refractivity contribution in [1.82, 2.24) is 25.6 Å². The Kier molecular flexibility index (Phi) is 5.93. The minimum absolute atomic E-state index is 0.198. The molecule has 32 heavy (non-hydrogen) atoms. The van der Waals surface area contributed by atoms with Crippen molar-refractivity contribution in [3.05, 3.63) is 53.6 Å². The van der Waals surface area contributed by atoms with Crippen molar-refractivity contribution < 1.29 is 14.3 Å². The summed E-state index contributed by atoms with van der Waals surface area (Å²) in [5.41, 5.74) is 5.92. The number of aromatic nitrogens is 1. The maximum Gasteiger partial charge on any atom is 0.321 e. The molecule has 9 heteroatoms. The van der Waals surface area contributed by atoms with Gasteiger partial charge in [-0.1, -0.05) is 6.42 Å². The summed E-state index contributed by atoms with van der Waals surface area (Å²) in [6.07, 6.45) is 12.3. The lowest BCUT2D eigenvalue weighted by atomic mass is 9.86. The van der Waals surface area contributed by atoms with Crippen LogP contribution in [0.3, 0.4) is 0 Å². The number of carbonyl (C=O) groups is 1. The third-order valence-electron chi connectivity index (χ3n) is 6.88. The van der Waals surface area contributed by atoms with Gasteiger partial charge >= 0.3 is 6.03 Å². The van der Waals surface area contributed by atoms with Gasteiger partial charge in [-0.25, -0.2) is 19.6 Å². The third kappa shape index (κ3) is 4.40. The molecule has 3 atom stereocenters. The smallest absolute Gasteiger partial charge is 0.321 e. The number of aliphatic hydroxyl groups is 1. The normalized spacial score (nSPS) is 27.2. The van der Waals surface area contributed by atoms with E-state index in [0.29, 0.717) is 43.7 Å². The Hall–Kier alpha value is -2.78. The molecule has 1 aromatic heterocycles. The molecule has 5 rings (SSSR count). The first-order valence-corrected chi connectivity index (χ1v) is 11.4. The first-order chi connectivity index (χ1) is 15.6. The lowest BCUT2D eigenvalue weighted by Gasteiger charge is -2.22. The van der Waals surface area contributed by atoms with E-state index in [1.807, 2.05) is 17.3 Å². The number of halogens is 1. The van der Waals surface area contributed by atoms with Crippen LogP contribution < -0.4 is 10.7 Å². The molecule has 1 saturated heterocycles. The molecular formula is C23H29FN6O2. The largest absolute Gasteiger partial charge is 0.391 e. The quantitative estimate of drug-likeness (QED) is 0.655. The maximum atomic E-state index is 13.6. The van der Waals surface area contributed by atoms with E-state index >= 15 is 0 Å². The van der Waals surface area contributed by atoms with Crippen LogP contribution in [0.2, 0.25) is 0 Å². The van der Waals surface area contributed by atoms with E-state index in [9.17, 15) is 14.3 Å². The number of aliphatic imine (C=N–C) groups is 1. The molecule has 2 fully saturated rings. The van der Waals surface area contributed by atoms with Crippen LogP contribution in [0.1, 0.15) is 50.0 Å². The second kappa shape index (κ2) is 8.99. The van der Waals surface area contributed by atoms with Crippen molar-refractivity contribution in [2.75, 3.05) is 19.6 Å². The Labute approximate surface area is 186 Å². The highest BCUT2D eigenvalue weighted by Gasteiger charge is 2.31. The molecule has 1 saturated carbocycles. The summed E-state index contributed by atoms with van der Waals surface area (Å²) < 4.78 is 13.6. The lowest BCUT2D eigenvalue weighted by Crippen LogP contribution is -2.39. The number of nitrogens with one attached hydrogen (secondary N) is 2. The van der Waals surface area contributed by atoms with Gasteiger partial charge in [-0.05, 0) is 61.6 Å². The number of aliphatic hydroxyl groups excluding tert-OH is 1. The molecule has 0 spiro atoms. The predicted octanol–water partition coefficient (Wildman–Crippen LogP) is 2.62. The van der Waals surface area contributed by atoms with Crippen molar-refractivity contribution in [3.63, 3.8) is 0 Å². The van der Waals surface area contributed by atoms with Crippen LogP contribution in [-0.4, -0.2) is 57.5 Å². The van der Waals surface area contributed by atoms with Crippen LogP contribution >= 0.6 is 0 Å². The fourth-order valence-electron chi connectivity index (χ4n) is 5.20. The number of hydrogen-bond donors (Lipinski definition) is 3. The van der Waals surface area contributed by atoms with E-state index in [1.165, 1.54) is 6.20 Å². The van der Waals surface area contributed by atoms with E-state index in [4.69, 9.17) is 4.99 Å². The highest BCUT2D eigenvalue weighted by atomic mass is 19.1. The predicted molar refractivity (Wildman–Crippen MR) is 118 cm³/mol. The van der Waals surface area contributed by atoms with Crippen LogP contribution in [0, 0.1) is 11.7 Å². The summed E-state index contributed by atoms with van der Waals surface area (Å²) in [6, 6.07) is 1.42. The minimum Gasteiger partial charge on any atom is -0.391 e. The first-order valence-electron chi connectivity index (χ1n) is 11.4. The molecule has 0 aromatic carbocycles. The summed E-state index contributed by atoms with van der Waals surface area (Å²) in [4.78, 5) is 23.0. The highest BCUT2D eigenvalue weighted by molar-refractivity contribution is 5.96. The number of allylic oxidation sites excluding steroid dienone is 1. The van der Waals surface area contributed by atoms with Gasteiger partial charge in [-0.15, -0.1) is 0 Å². The maximum absolute atomic E-state index is 13.6. The van der Waals surface area contributed by atoms with Crippen LogP contribution in [0.25, 0.3) is 0 Å². The fraction of sp³-hybridized carbons (Fsp3) is 0.522. The number of likely N-dealkylation sites (tertiary alicyclic amines) is 1. The molecule has 0 bridgehead atoms. The highest BCUT2D eigenvalue weighted by Crippen LogP contribution is 2.42. The van der Waals surface area contributed by atoms with Crippen LogP contribution in [0.5, 0.6) is 0 Å². The van der Waals surface area contributed by atoms with Gasteiger partial charge in [-0.3, -0.25) is 9.99 Å². The van der Waals surface area contributed by atoms with Crippen molar-refractivity contribution in [2.45, 2.75) is 50.5 Å². The van der Waals surface area contributed by atoms with Gasteiger partial charge in [0.15, 0.2) is 5.82 Å². The van der Waals surface area contributed by atoms with Gasteiger partial charge in [0.05, 0.1) is 24.5 Å². The summed E-state index contributed by atoms with van der Waals surface area (Å²) >= 11 is 0. The SMILES string of the molecule is O=C(NC1=C2N=C(CCC3CCC[C@@H]3c3cncc(F)c3)C=CN2NC1)N1CC[C@H](O)C1. The number of hydrazine groups is 1. The summed E-state index contributed by atoms with van der Waals surface area (Å²) in [5, 5.41) is 14.5. The van der Waals surface area contributed by atoms with Gasteiger partial charge < -0.3 is 15.3 Å². The molecule has 4 heterocycles. The van der Waals surface area contributed by atoms with Gasteiger partial charge in [0.1, 0.15) is 5.82 Å². The van der Waals surface area contributed by atoms with Crippen molar-refractivity contribution in [2.24, 2.45) is 10.9 Å². The molecule has 1 unspecified atom stereocenters. The molecule has 8 nitrogen and oxygen atoms in total. The Morgan fingerprint density at radius 1 is 1.31 bits per heavy atom. The van der Waals surface area contributed by atoms with Crippen LogP contribution in [0.4, 0.5) is 9.18 Å². The number of pyridine rings is 1. The summed E-state index contributed by atoms with van der Waals surface area (Å²) in [7, 11) is 0. The number of amides is 2. The minimum atomic E-state index is -0.443. The topological polar surface area (TPSA) is 93.1 Å². The standard InChI is InChI=1S/C23H29FN6O2/c24-17-10-16(11-25-12-17)20-3-1-2-15(20)4-5-18-6-9-30-22(27-18)21(13-26-30)28-23(32)29-8-7-19(31)14-29/h6,9-12,15,19-20,26,31H,1-5,7-8,13-14H2,(H,28,32)/t15?,19-,20-/m0/s1. The van der Waals surface area contributed by atoms with E-state index in [0.717, 1.165) is 49.1 Å². The van der Waals surface area contributed by atoms with E-state index in [-0.39, 0.29) is 11.8 Å². The van der Waals surface area contributed by atoms with Gasteiger partial charge in [0, 0.05) is 31.2 Å². The fourth-order valence-corrected chi connectivity index (χ4v) is 5.20. The zero-order valence-electron chi connectivity index (χ0n) is 18.0. The van der Waals surface area contributed by atoms with Crippen LogP contribution in [-0.2, 0) is 0 Å². The second-order valence-electron chi connectivity index (χ2n) is 9.02. The average Bonchev–Trinajstić information content (AvgIpc) is 3.52. The number of urea groups is 1. The molecule has 3 N–H and O–H groups in total.